The highest BCUT2D eigenvalue weighted by atomic mass is 16.5. The number of para-hydroxylation sites is 1. The second kappa shape index (κ2) is 8.00. The van der Waals surface area contributed by atoms with Crippen molar-refractivity contribution in [3.8, 4) is 5.75 Å². The molecule has 2 aromatic carbocycles. The number of aryl methyl sites for hydroxylation is 1. The van der Waals surface area contributed by atoms with Crippen molar-refractivity contribution in [3.05, 3.63) is 65.9 Å². The third kappa shape index (κ3) is 3.69. The molecule has 0 radical (unpaired) electrons. The molecule has 0 fully saturated rings. The summed E-state index contributed by atoms with van der Waals surface area (Å²) < 4.78 is 5.30. The molecular weight excluding hydrogens is 324 g/mol. The van der Waals surface area contributed by atoms with Gasteiger partial charge in [0.1, 0.15) is 5.75 Å². The Hall–Kier alpha value is -2.88. The van der Waals surface area contributed by atoms with Gasteiger partial charge in [0.15, 0.2) is 0 Å². The number of aromatic nitrogens is 1. The molecule has 0 N–H and O–H groups in total. The number of benzene rings is 2. The molecule has 3 rings (SSSR count). The number of hydrogen-bond acceptors (Lipinski definition) is 3. The van der Waals surface area contributed by atoms with Crippen molar-refractivity contribution in [2.24, 2.45) is 0 Å². The average molecular weight is 348 g/mol. The second-order valence-corrected chi connectivity index (χ2v) is 6.33. The van der Waals surface area contributed by atoms with Gasteiger partial charge in [-0.25, -0.2) is 0 Å². The maximum absolute atomic E-state index is 13.3. The molecule has 0 saturated carbocycles. The number of unbranched alkanes of at least 4 members (excludes halogenated alkanes) is 1. The average Bonchev–Trinajstić information content (AvgIpc) is 2.68. The lowest BCUT2D eigenvalue weighted by Gasteiger charge is -2.23. The molecule has 134 valence electrons. The zero-order chi connectivity index (χ0) is 18.5. The highest BCUT2D eigenvalue weighted by Gasteiger charge is 2.20. The number of rotatable bonds is 6. The predicted molar refractivity (Wildman–Crippen MR) is 106 cm³/mol. The Labute approximate surface area is 154 Å². The van der Waals surface area contributed by atoms with Gasteiger partial charge >= 0.3 is 0 Å². The summed E-state index contributed by atoms with van der Waals surface area (Å²) in [7, 11) is 1.64. The molecule has 1 heterocycles. The Morgan fingerprint density at radius 2 is 1.88 bits per heavy atom. The Morgan fingerprint density at radius 1 is 1.12 bits per heavy atom. The van der Waals surface area contributed by atoms with E-state index < -0.39 is 0 Å². The predicted octanol–water partition coefficient (Wildman–Crippen LogP) is 5.00. The lowest BCUT2D eigenvalue weighted by atomic mass is 10.1. The van der Waals surface area contributed by atoms with Crippen LogP contribution in [0.2, 0.25) is 0 Å². The maximum Gasteiger partial charge on any atom is 0.260 e. The van der Waals surface area contributed by atoms with Crippen LogP contribution in [0.5, 0.6) is 5.75 Å². The molecule has 0 atom stereocenters. The summed E-state index contributed by atoms with van der Waals surface area (Å²) in [4.78, 5) is 19.8. The third-order valence-corrected chi connectivity index (χ3v) is 4.49. The van der Waals surface area contributed by atoms with E-state index in [2.05, 4.69) is 11.9 Å². The van der Waals surface area contributed by atoms with Crippen LogP contribution in [0.4, 0.5) is 5.69 Å². The summed E-state index contributed by atoms with van der Waals surface area (Å²) in [5.74, 6) is 0.742. The Kier molecular flexibility index (Phi) is 5.52. The van der Waals surface area contributed by atoms with Crippen LogP contribution in [0.1, 0.15) is 35.8 Å². The zero-order valence-corrected chi connectivity index (χ0v) is 15.5. The zero-order valence-electron chi connectivity index (χ0n) is 15.5. The SMILES string of the molecule is CCCCN(C(=O)c1cc2cc(OC)ccc2nc1C)c1ccccc1. The Bertz CT molecular complexity index is 907. The molecule has 26 heavy (non-hydrogen) atoms. The fourth-order valence-corrected chi connectivity index (χ4v) is 3.01. The first-order chi connectivity index (χ1) is 12.6. The van der Waals surface area contributed by atoms with Crippen molar-refractivity contribution in [1.29, 1.82) is 0 Å². The van der Waals surface area contributed by atoms with Gasteiger partial charge in [-0.05, 0) is 49.7 Å². The Balaban J connectivity index is 2.04. The van der Waals surface area contributed by atoms with E-state index in [4.69, 9.17) is 4.74 Å². The van der Waals surface area contributed by atoms with Crippen molar-refractivity contribution >= 4 is 22.5 Å². The first-order valence-corrected chi connectivity index (χ1v) is 8.96. The number of hydrogen-bond donors (Lipinski definition) is 0. The first-order valence-electron chi connectivity index (χ1n) is 8.96. The van der Waals surface area contributed by atoms with Gasteiger partial charge in [0.25, 0.3) is 5.91 Å². The molecule has 0 aliphatic heterocycles. The fraction of sp³-hybridized carbons (Fsp3) is 0.273. The summed E-state index contributed by atoms with van der Waals surface area (Å²) in [6.07, 6.45) is 1.98. The van der Waals surface area contributed by atoms with Crippen molar-refractivity contribution in [1.82, 2.24) is 4.98 Å². The Morgan fingerprint density at radius 3 is 2.58 bits per heavy atom. The van der Waals surface area contributed by atoms with Crippen LogP contribution in [0.25, 0.3) is 10.9 Å². The number of amides is 1. The monoisotopic (exact) mass is 348 g/mol. The van der Waals surface area contributed by atoms with E-state index in [0.29, 0.717) is 12.1 Å². The molecule has 4 heteroatoms. The minimum atomic E-state index is -0.0145. The summed E-state index contributed by atoms with van der Waals surface area (Å²) in [5, 5.41) is 0.904. The molecule has 0 saturated heterocycles. The largest absolute Gasteiger partial charge is 0.497 e. The highest BCUT2D eigenvalue weighted by Crippen LogP contribution is 2.24. The minimum absolute atomic E-state index is 0.0145. The van der Waals surface area contributed by atoms with Gasteiger partial charge in [-0.15, -0.1) is 0 Å². The summed E-state index contributed by atoms with van der Waals surface area (Å²) >= 11 is 0. The van der Waals surface area contributed by atoms with E-state index in [-0.39, 0.29) is 5.91 Å². The number of carbonyl (C=O) groups excluding carboxylic acids is 1. The number of pyridine rings is 1. The van der Waals surface area contributed by atoms with Crippen LogP contribution in [0.3, 0.4) is 0 Å². The normalized spacial score (nSPS) is 10.7. The smallest absolute Gasteiger partial charge is 0.260 e. The molecule has 1 amide bonds. The van der Waals surface area contributed by atoms with Gasteiger partial charge in [0, 0.05) is 17.6 Å². The number of methoxy groups -OCH3 is 1. The van der Waals surface area contributed by atoms with Crippen molar-refractivity contribution in [3.63, 3.8) is 0 Å². The van der Waals surface area contributed by atoms with Gasteiger partial charge in [-0.2, -0.15) is 0 Å². The van der Waals surface area contributed by atoms with E-state index in [1.807, 2.05) is 66.4 Å². The molecule has 0 spiro atoms. The van der Waals surface area contributed by atoms with Gasteiger partial charge in [0.05, 0.1) is 23.9 Å². The molecule has 0 aliphatic rings. The summed E-state index contributed by atoms with van der Waals surface area (Å²) in [6, 6.07) is 17.5. The molecule has 4 nitrogen and oxygen atoms in total. The van der Waals surface area contributed by atoms with E-state index in [9.17, 15) is 4.79 Å². The number of anilines is 1. The van der Waals surface area contributed by atoms with Crippen LogP contribution in [-0.2, 0) is 0 Å². The second-order valence-electron chi connectivity index (χ2n) is 6.33. The van der Waals surface area contributed by atoms with Gasteiger partial charge in [0.2, 0.25) is 0 Å². The first kappa shape index (κ1) is 17.9. The van der Waals surface area contributed by atoms with Crippen LogP contribution in [-0.4, -0.2) is 24.5 Å². The molecule has 1 aromatic heterocycles. The standard InChI is InChI=1S/C22H24N2O2/c1-4-5-13-24(18-9-7-6-8-10-18)22(25)20-15-17-14-19(26-3)11-12-21(17)23-16(20)2/h6-12,14-15H,4-5,13H2,1-3H3. The molecule has 0 aliphatic carbocycles. The lowest BCUT2D eigenvalue weighted by Crippen LogP contribution is -2.32. The van der Waals surface area contributed by atoms with Crippen LogP contribution in [0, 0.1) is 6.92 Å². The van der Waals surface area contributed by atoms with Crippen molar-refractivity contribution in [2.45, 2.75) is 26.7 Å². The van der Waals surface area contributed by atoms with E-state index in [1.165, 1.54) is 0 Å². The number of fused-ring (bicyclic) bond motifs is 1. The summed E-state index contributed by atoms with van der Waals surface area (Å²) in [5.41, 5.74) is 3.14. The molecule has 0 unspecified atom stereocenters. The lowest BCUT2D eigenvalue weighted by molar-refractivity contribution is 0.0985. The van der Waals surface area contributed by atoms with Crippen LogP contribution in [0.15, 0.2) is 54.6 Å². The number of nitrogens with zero attached hydrogens (tertiary/aromatic N) is 2. The van der Waals surface area contributed by atoms with Crippen molar-refractivity contribution in [2.75, 3.05) is 18.6 Å². The van der Waals surface area contributed by atoms with E-state index in [0.717, 1.165) is 40.9 Å². The highest BCUT2D eigenvalue weighted by molar-refractivity contribution is 6.08. The summed E-state index contributed by atoms with van der Waals surface area (Å²) in [6.45, 7) is 4.71. The molecule has 3 aromatic rings. The van der Waals surface area contributed by atoms with Crippen LogP contribution < -0.4 is 9.64 Å². The van der Waals surface area contributed by atoms with Gasteiger partial charge in [-0.3, -0.25) is 9.78 Å². The van der Waals surface area contributed by atoms with Gasteiger partial charge in [-0.1, -0.05) is 31.5 Å². The molecule has 0 bridgehead atoms. The van der Waals surface area contributed by atoms with Gasteiger partial charge < -0.3 is 9.64 Å². The van der Waals surface area contributed by atoms with Crippen molar-refractivity contribution < 1.29 is 9.53 Å². The molecular formula is C22H24N2O2. The number of carbonyl (C=O) groups is 1. The fourth-order valence-electron chi connectivity index (χ4n) is 3.01. The third-order valence-electron chi connectivity index (χ3n) is 4.49. The van der Waals surface area contributed by atoms with E-state index in [1.54, 1.807) is 7.11 Å². The maximum atomic E-state index is 13.3. The minimum Gasteiger partial charge on any atom is -0.497 e. The number of ether oxygens (including phenoxy) is 1. The van der Waals surface area contributed by atoms with Crippen LogP contribution >= 0.6 is 0 Å². The van der Waals surface area contributed by atoms with E-state index >= 15 is 0 Å². The quantitative estimate of drug-likeness (QED) is 0.629. The topological polar surface area (TPSA) is 42.4 Å².